The minimum absolute atomic E-state index is 0.0998. The Balaban J connectivity index is 2.82. The second kappa shape index (κ2) is 8.30. The molecule has 0 saturated carbocycles. The molecule has 5 nitrogen and oxygen atoms in total. The summed E-state index contributed by atoms with van der Waals surface area (Å²) in [4.78, 5) is 14.1. The van der Waals surface area contributed by atoms with E-state index in [1.807, 2.05) is 4.90 Å². The number of benzene rings is 1. The summed E-state index contributed by atoms with van der Waals surface area (Å²) >= 11 is 0. The molecule has 0 spiro atoms. The molecule has 0 bridgehead atoms. The van der Waals surface area contributed by atoms with Gasteiger partial charge in [0.25, 0.3) is 0 Å². The molecule has 1 rings (SSSR count). The molecule has 0 aliphatic heterocycles. The summed E-state index contributed by atoms with van der Waals surface area (Å²) in [5.74, 6) is 1.28. The molecule has 1 N–H and O–H groups in total. The lowest BCUT2D eigenvalue weighted by atomic mass is 10.2. The number of rotatable bonds is 7. The third-order valence-corrected chi connectivity index (χ3v) is 2.92. The molecule has 20 heavy (non-hydrogen) atoms. The van der Waals surface area contributed by atoms with Crippen LogP contribution in [0.25, 0.3) is 0 Å². The number of carbonyl (C=O) groups excluding carboxylic acids is 1. The third kappa shape index (κ3) is 4.33. The molecule has 5 heteroatoms. The zero-order valence-corrected chi connectivity index (χ0v) is 12.7. The molecule has 0 aromatic heterocycles. The normalized spacial score (nSPS) is 10.0. The molecule has 0 atom stereocenters. The molecule has 0 aliphatic carbocycles. The predicted octanol–water partition coefficient (Wildman–Crippen LogP) is 3.36. The van der Waals surface area contributed by atoms with E-state index in [9.17, 15) is 4.79 Å². The lowest BCUT2D eigenvalue weighted by Gasteiger charge is -2.22. The average molecular weight is 280 g/mol. The van der Waals surface area contributed by atoms with Gasteiger partial charge in [0, 0.05) is 19.2 Å². The van der Waals surface area contributed by atoms with Gasteiger partial charge in [-0.3, -0.25) is 0 Å². The molecule has 0 fully saturated rings. The van der Waals surface area contributed by atoms with E-state index in [1.54, 1.807) is 32.4 Å². The van der Waals surface area contributed by atoms with E-state index in [4.69, 9.17) is 9.47 Å². The highest BCUT2D eigenvalue weighted by Gasteiger charge is 2.14. The number of hydrogen-bond acceptors (Lipinski definition) is 3. The second-order valence-corrected chi connectivity index (χ2v) is 4.48. The van der Waals surface area contributed by atoms with Crippen molar-refractivity contribution in [2.45, 2.75) is 26.7 Å². The van der Waals surface area contributed by atoms with Gasteiger partial charge in [-0.15, -0.1) is 0 Å². The van der Waals surface area contributed by atoms with Crippen molar-refractivity contribution in [3.63, 3.8) is 0 Å². The molecule has 0 unspecified atom stereocenters. The van der Waals surface area contributed by atoms with Gasteiger partial charge in [-0.25, -0.2) is 4.79 Å². The number of nitrogens with zero attached hydrogens (tertiary/aromatic N) is 1. The number of amides is 2. The molecule has 0 radical (unpaired) electrons. The van der Waals surface area contributed by atoms with Crippen LogP contribution in [-0.4, -0.2) is 38.2 Å². The quantitative estimate of drug-likeness (QED) is 0.833. The topological polar surface area (TPSA) is 50.8 Å². The Bertz CT molecular complexity index is 429. The summed E-state index contributed by atoms with van der Waals surface area (Å²) in [6.07, 6.45) is 1.88. The van der Waals surface area contributed by atoms with Gasteiger partial charge in [-0.05, 0) is 25.0 Å². The lowest BCUT2D eigenvalue weighted by Crippen LogP contribution is -2.36. The van der Waals surface area contributed by atoms with Crippen LogP contribution >= 0.6 is 0 Å². The fraction of sp³-hybridized carbons (Fsp3) is 0.533. The van der Waals surface area contributed by atoms with Crippen molar-refractivity contribution >= 4 is 11.7 Å². The Morgan fingerprint density at radius 2 is 1.80 bits per heavy atom. The van der Waals surface area contributed by atoms with Gasteiger partial charge in [-0.2, -0.15) is 0 Å². The van der Waals surface area contributed by atoms with Crippen LogP contribution in [0.3, 0.4) is 0 Å². The maximum absolute atomic E-state index is 12.2. The zero-order valence-electron chi connectivity index (χ0n) is 12.7. The van der Waals surface area contributed by atoms with E-state index >= 15 is 0 Å². The van der Waals surface area contributed by atoms with Gasteiger partial charge in [0.1, 0.15) is 11.5 Å². The first kappa shape index (κ1) is 16.1. The highest BCUT2D eigenvalue weighted by atomic mass is 16.5. The Morgan fingerprint density at radius 3 is 2.30 bits per heavy atom. The van der Waals surface area contributed by atoms with Crippen LogP contribution in [-0.2, 0) is 0 Å². The Kier molecular flexibility index (Phi) is 6.70. The summed E-state index contributed by atoms with van der Waals surface area (Å²) in [5, 5.41) is 2.89. The number of hydrogen-bond donors (Lipinski definition) is 1. The molecule has 112 valence electrons. The van der Waals surface area contributed by atoms with Crippen LogP contribution < -0.4 is 14.8 Å². The molecular formula is C15H24N2O3. The standard InChI is InChI=1S/C15H24N2O3/c1-5-9-17(10-6-2)15(18)16-13-8-7-12(19-3)11-14(13)20-4/h7-8,11H,5-6,9-10H2,1-4H3,(H,16,18). The molecule has 2 amide bonds. The molecule has 0 aliphatic rings. The Morgan fingerprint density at radius 1 is 1.15 bits per heavy atom. The van der Waals surface area contributed by atoms with Crippen molar-refractivity contribution in [2.24, 2.45) is 0 Å². The van der Waals surface area contributed by atoms with Gasteiger partial charge < -0.3 is 19.7 Å². The van der Waals surface area contributed by atoms with Crippen LogP contribution in [0.5, 0.6) is 11.5 Å². The molecule has 0 heterocycles. The van der Waals surface area contributed by atoms with Gasteiger partial charge in [-0.1, -0.05) is 13.8 Å². The van der Waals surface area contributed by atoms with Gasteiger partial charge >= 0.3 is 6.03 Å². The number of anilines is 1. The minimum Gasteiger partial charge on any atom is -0.497 e. The first-order chi connectivity index (χ1) is 9.65. The molecule has 1 aromatic rings. The lowest BCUT2D eigenvalue weighted by molar-refractivity contribution is 0.211. The molecule has 0 saturated heterocycles. The Labute approximate surface area is 120 Å². The average Bonchev–Trinajstić information content (AvgIpc) is 2.47. The summed E-state index contributed by atoms with van der Waals surface area (Å²) < 4.78 is 10.4. The number of urea groups is 1. The highest BCUT2D eigenvalue weighted by molar-refractivity contribution is 5.91. The van der Waals surface area contributed by atoms with E-state index in [0.717, 1.165) is 25.9 Å². The summed E-state index contributed by atoms with van der Waals surface area (Å²) in [6, 6.07) is 5.23. The van der Waals surface area contributed by atoms with Gasteiger partial charge in [0.2, 0.25) is 0 Å². The molecule has 1 aromatic carbocycles. The monoisotopic (exact) mass is 280 g/mol. The number of carbonyl (C=O) groups is 1. The number of nitrogens with one attached hydrogen (secondary N) is 1. The van der Waals surface area contributed by atoms with Gasteiger partial charge in [0.05, 0.1) is 19.9 Å². The van der Waals surface area contributed by atoms with E-state index in [0.29, 0.717) is 17.2 Å². The van der Waals surface area contributed by atoms with E-state index in [-0.39, 0.29) is 6.03 Å². The first-order valence-corrected chi connectivity index (χ1v) is 6.94. The predicted molar refractivity (Wildman–Crippen MR) is 80.7 cm³/mol. The Hall–Kier alpha value is -1.91. The first-order valence-electron chi connectivity index (χ1n) is 6.94. The zero-order chi connectivity index (χ0) is 15.0. The fourth-order valence-electron chi connectivity index (χ4n) is 1.95. The maximum atomic E-state index is 12.2. The van der Waals surface area contributed by atoms with Crippen LogP contribution in [0.15, 0.2) is 18.2 Å². The van der Waals surface area contributed by atoms with E-state index in [2.05, 4.69) is 19.2 Å². The van der Waals surface area contributed by atoms with Crippen molar-refractivity contribution in [1.82, 2.24) is 4.90 Å². The smallest absolute Gasteiger partial charge is 0.321 e. The van der Waals surface area contributed by atoms with E-state index < -0.39 is 0 Å². The van der Waals surface area contributed by atoms with Crippen LogP contribution in [0.1, 0.15) is 26.7 Å². The maximum Gasteiger partial charge on any atom is 0.321 e. The minimum atomic E-state index is -0.0998. The highest BCUT2D eigenvalue weighted by Crippen LogP contribution is 2.29. The van der Waals surface area contributed by atoms with Crippen molar-refractivity contribution in [3.05, 3.63) is 18.2 Å². The number of methoxy groups -OCH3 is 2. The van der Waals surface area contributed by atoms with Crippen molar-refractivity contribution in [3.8, 4) is 11.5 Å². The van der Waals surface area contributed by atoms with E-state index in [1.165, 1.54) is 0 Å². The summed E-state index contributed by atoms with van der Waals surface area (Å²) in [5.41, 5.74) is 0.649. The largest absolute Gasteiger partial charge is 0.497 e. The molecular weight excluding hydrogens is 256 g/mol. The fourth-order valence-corrected chi connectivity index (χ4v) is 1.95. The number of ether oxygens (including phenoxy) is 2. The van der Waals surface area contributed by atoms with Crippen LogP contribution in [0.2, 0.25) is 0 Å². The SMILES string of the molecule is CCCN(CCC)C(=O)Nc1ccc(OC)cc1OC. The second-order valence-electron chi connectivity index (χ2n) is 4.48. The summed E-state index contributed by atoms with van der Waals surface area (Å²) in [7, 11) is 3.16. The van der Waals surface area contributed by atoms with Gasteiger partial charge in [0.15, 0.2) is 0 Å². The third-order valence-electron chi connectivity index (χ3n) is 2.92. The van der Waals surface area contributed by atoms with Crippen molar-refractivity contribution < 1.29 is 14.3 Å². The summed E-state index contributed by atoms with van der Waals surface area (Å²) in [6.45, 7) is 5.62. The van der Waals surface area contributed by atoms with Crippen LogP contribution in [0.4, 0.5) is 10.5 Å². The van der Waals surface area contributed by atoms with Crippen LogP contribution in [0, 0.1) is 0 Å². The van der Waals surface area contributed by atoms with Crippen molar-refractivity contribution in [1.29, 1.82) is 0 Å². The van der Waals surface area contributed by atoms with Crippen molar-refractivity contribution in [2.75, 3.05) is 32.6 Å².